The van der Waals surface area contributed by atoms with Crippen LogP contribution in [0.5, 0.6) is 0 Å². The number of nitrogens with two attached hydrogens (primary N) is 1. The fourth-order valence-electron chi connectivity index (χ4n) is 2.90. The molecule has 0 bridgehead atoms. The predicted molar refractivity (Wildman–Crippen MR) is 82.6 cm³/mol. The molecular formula is C14H24N4O3. The van der Waals surface area contributed by atoms with Crippen LogP contribution in [0.15, 0.2) is 9.59 Å². The Morgan fingerprint density at radius 3 is 2.62 bits per heavy atom. The summed E-state index contributed by atoms with van der Waals surface area (Å²) >= 11 is 0. The Labute approximate surface area is 123 Å². The third-order valence-corrected chi connectivity index (χ3v) is 3.98. The smallest absolute Gasteiger partial charge is 0.332 e. The van der Waals surface area contributed by atoms with Crippen molar-refractivity contribution in [2.75, 3.05) is 23.8 Å². The van der Waals surface area contributed by atoms with Gasteiger partial charge in [-0.15, -0.1) is 0 Å². The van der Waals surface area contributed by atoms with E-state index in [2.05, 4.69) is 0 Å². The Kier molecular flexibility index (Phi) is 4.41. The summed E-state index contributed by atoms with van der Waals surface area (Å²) in [6.07, 6.45) is 1.72. The van der Waals surface area contributed by atoms with E-state index in [1.165, 1.54) is 11.6 Å². The largest absolute Gasteiger partial charge is 0.394 e. The highest BCUT2D eigenvalue weighted by molar-refractivity contribution is 5.63. The molecule has 1 fully saturated rings. The van der Waals surface area contributed by atoms with Crippen molar-refractivity contribution < 1.29 is 5.11 Å². The zero-order valence-corrected chi connectivity index (χ0v) is 12.9. The van der Waals surface area contributed by atoms with Crippen molar-refractivity contribution in [1.29, 1.82) is 0 Å². The zero-order valence-electron chi connectivity index (χ0n) is 12.9. The van der Waals surface area contributed by atoms with Gasteiger partial charge in [-0.05, 0) is 18.8 Å². The zero-order chi connectivity index (χ0) is 15.7. The van der Waals surface area contributed by atoms with E-state index < -0.39 is 11.2 Å². The van der Waals surface area contributed by atoms with Crippen molar-refractivity contribution in [2.24, 2.45) is 13.0 Å². The van der Waals surface area contributed by atoms with Crippen LogP contribution in [0.1, 0.15) is 26.7 Å². The van der Waals surface area contributed by atoms with Crippen molar-refractivity contribution in [1.82, 2.24) is 9.13 Å². The van der Waals surface area contributed by atoms with Gasteiger partial charge in [0.1, 0.15) is 11.5 Å². The highest BCUT2D eigenvalue weighted by Crippen LogP contribution is 2.26. The first-order valence-electron chi connectivity index (χ1n) is 7.35. The van der Waals surface area contributed by atoms with Gasteiger partial charge in [0, 0.05) is 20.1 Å². The minimum absolute atomic E-state index is 0.0219. The molecule has 21 heavy (non-hydrogen) atoms. The SMILES string of the molecule is CC(C)Cn1c(N)c(N2CCCC2CO)c(=O)n(C)c1=O. The van der Waals surface area contributed by atoms with Gasteiger partial charge in [-0.2, -0.15) is 0 Å². The number of nitrogens with zero attached hydrogens (tertiary/aromatic N) is 3. The molecule has 0 saturated carbocycles. The molecule has 1 saturated heterocycles. The molecule has 7 nitrogen and oxygen atoms in total. The number of rotatable bonds is 4. The molecule has 3 N–H and O–H groups in total. The van der Waals surface area contributed by atoms with Gasteiger partial charge in [-0.3, -0.25) is 13.9 Å². The van der Waals surface area contributed by atoms with E-state index in [1.807, 2.05) is 18.7 Å². The molecule has 2 heterocycles. The highest BCUT2D eigenvalue weighted by atomic mass is 16.3. The second-order valence-corrected chi connectivity index (χ2v) is 6.06. The standard InChI is InChI=1S/C14H24N4O3/c1-9(2)7-18-12(15)11(13(20)16(3)14(18)21)17-6-4-5-10(17)8-19/h9-10,19H,4-8,15H2,1-3H3. The van der Waals surface area contributed by atoms with Gasteiger partial charge in [0.25, 0.3) is 5.56 Å². The molecule has 1 aliphatic heterocycles. The van der Waals surface area contributed by atoms with Crippen molar-refractivity contribution in [3.8, 4) is 0 Å². The molecule has 1 aromatic heterocycles. The summed E-state index contributed by atoms with van der Waals surface area (Å²) in [5, 5.41) is 9.46. The molecule has 0 amide bonds. The van der Waals surface area contributed by atoms with Gasteiger partial charge in [0.2, 0.25) is 0 Å². The second kappa shape index (κ2) is 5.93. The predicted octanol–water partition coefficient (Wildman–Crippen LogP) is -0.254. The number of aromatic nitrogens is 2. The van der Waals surface area contributed by atoms with Crippen molar-refractivity contribution in [3.63, 3.8) is 0 Å². The summed E-state index contributed by atoms with van der Waals surface area (Å²) in [5.41, 5.74) is 5.68. The molecule has 0 aromatic carbocycles. The summed E-state index contributed by atoms with van der Waals surface area (Å²) in [6, 6.07) is -0.106. The number of hydrogen-bond donors (Lipinski definition) is 2. The minimum Gasteiger partial charge on any atom is -0.394 e. The topological polar surface area (TPSA) is 93.5 Å². The first-order chi connectivity index (χ1) is 9.88. The van der Waals surface area contributed by atoms with Gasteiger partial charge >= 0.3 is 5.69 Å². The summed E-state index contributed by atoms with van der Waals surface area (Å²) < 4.78 is 2.55. The first-order valence-corrected chi connectivity index (χ1v) is 7.35. The maximum absolute atomic E-state index is 12.4. The lowest BCUT2D eigenvalue weighted by Gasteiger charge is -2.27. The van der Waals surface area contributed by atoms with Crippen LogP contribution in [0.2, 0.25) is 0 Å². The van der Waals surface area contributed by atoms with Crippen LogP contribution in [0.4, 0.5) is 11.5 Å². The summed E-state index contributed by atoms with van der Waals surface area (Å²) in [4.78, 5) is 26.5. The van der Waals surface area contributed by atoms with E-state index in [4.69, 9.17) is 5.73 Å². The Morgan fingerprint density at radius 1 is 1.38 bits per heavy atom. The lowest BCUT2D eigenvalue weighted by Crippen LogP contribution is -2.45. The Morgan fingerprint density at radius 2 is 2.05 bits per heavy atom. The van der Waals surface area contributed by atoms with Crippen molar-refractivity contribution in [2.45, 2.75) is 39.3 Å². The number of aliphatic hydroxyl groups excluding tert-OH is 1. The molecule has 0 aliphatic carbocycles. The van der Waals surface area contributed by atoms with E-state index in [0.29, 0.717) is 18.8 Å². The second-order valence-electron chi connectivity index (χ2n) is 6.06. The van der Waals surface area contributed by atoms with Gasteiger partial charge in [0.15, 0.2) is 0 Å². The monoisotopic (exact) mass is 296 g/mol. The van der Waals surface area contributed by atoms with E-state index in [-0.39, 0.29) is 24.4 Å². The van der Waals surface area contributed by atoms with Gasteiger partial charge in [-0.1, -0.05) is 13.8 Å². The molecular weight excluding hydrogens is 272 g/mol. The fourth-order valence-corrected chi connectivity index (χ4v) is 2.90. The van der Waals surface area contributed by atoms with Crippen molar-refractivity contribution in [3.05, 3.63) is 20.8 Å². The van der Waals surface area contributed by atoms with Gasteiger partial charge in [0.05, 0.1) is 12.6 Å². The maximum atomic E-state index is 12.4. The molecule has 1 atom stereocenters. The third kappa shape index (κ3) is 2.70. The van der Waals surface area contributed by atoms with E-state index in [1.54, 1.807) is 0 Å². The van der Waals surface area contributed by atoms with E-state index >= 15 is 0 Å². The molecule has 0 radical (unpaired) electrons. The third-order valence-electron chi connectivity index (χ3n) is 3.98. The van der Waals surface area contributed by atoms with Crippen LogP contribution in [0.3, 0.4) is 0 Å². The van der Waals surface area contributed by atoms with Crippen LogP contribution in [0, 0.1) is 5.92 Å². The number of nitrogen functional groups attached to an aromatic ring is 1. The molecule has 1 aliphatic rings. The van der Waals surface area contributed by atoms with Crippen LogP contribution < -0.4 is 21.9 Å². The highest BCUT2D eigenvalue weighted by Gasteiger charge is 2.29. The fraction of sp³-hybridized carbons (Fsp3) is 0.714. The lowest BCUT2D eigenvalue weighted by molar-refractivity contribution is 0.266. The number of anilines is 2. The maximum Gasteiger partial charge on any atom is 0.332 e. The quantitative estimate of drug-likeness (QED) is 0.799. The lowest BCUT2D eigenvalue weighted by atomic mass is 10.2. The number of aliphatic hydroxyl groups is 1. The molecule has 118 valence electrons. The minimum atomic E-state index is -0.394. The van der Waals surface area contributed by atoms with Crippen LogP contribution >= 0.6 is 0 Å². The summed E-state index contributed by atoms with van der Waals surface area (Å²) in [5.74, 6) is 0.444. The molecule has 1 aromatic rings. The average molecular weight is 296 g/mol. The average Bonchev–Trinajstić information content (AvgIpc) is 2.89. The van der Waals surface area contributed by atoms with Crippen molar-refractivity contribution >= 4 is 11.5 Å². The van der Waals surface area contributed by atoms with E-state index in [9.17, 15) is 14.7 Å². The van der Waals surface area contributed by atoms with Crippen LogP contribution in [0.25, 0.3) is 0 Å². The van der Waals surface area contributed by atoms with Crippen LogP contribution in [-0.2, 0) is 13.6 Å². The molecule has 2 rings (SSSR count). The molecule has 0 spiro atoms. The number of hydrogen-bond acceptors (Lipinski definition) is 5. The Balaban J connectivity index is 2.63. The van der Waals surface area contributed by atoms with Crippen LogP contribution in [-0.4, -0.2) is 33.4 Å². The first kappa shape index (κ1) is 15.6. The normalized spacial score (nSPS) is 18.7. The molecule has 7 heteroatoms. The Bertz CT molecular complexity index is 632. The summed E-state index contributed by atoms with van der Waals surface area (Å²) in [7, 11) is 1.47. The van der Waals surface area contributed by atoms with Gasteiger partial charge in [-0.25, -0.2) is 4.79 Å². The Hall–Kier alpha value is -1.76. The van der Waals surface area contributed by atoms with E-state index in [0.717, 1.165) is 17.4 Å². The molecule has 1 unspecified atom stereocenters. The van der Waals surface area contributed by atoms with Gasteiger partial charge < -0.3 is 15.7 Å². The summed E-state index contributed by atoms with van der Waals surface area (Å²) in [6.45, 7) is 5.09.